The molecule has 3 heterocycles. The molecule has 3 aromatic heterocycles. The van der Waals surface area contributed by atoms with Crippen molar-refractivity contribution in [1.82, 2.24) is 24.7 Å². The Morgan fingerprint density at radius 2 is 2.00 bits per heavy atom. The van der Waals surface area contributed by atoms with Gasteiger partial charge in [-0.25, -0.2) is 4.98 Å². The maximum absolute atomic E-state index is 12.5. The van der Waals surface area contributed by atoms with Crippen LogP contribution in [0.4, 0.5) is 0 Å². The first-order chi connectivity index (χ1) is 15.6. The van der Waals surface area contributed by atoms with E-state index in [0.717, 1.165) is 32.0 Å². The van der Waals surface area contributed by atoms with Gasteiger partial charge in [0.15, 0.2) is 10.3 Å². The number of thioether (sulfide) groups is 2. The van der Waals surface area contributed by atoms with Gasteiger partial charge < -0.3 is 9.55 Å². The molecule has 0 aliphatic carbocycles. The summed E-state index contributed by atoms with van der Waals surface area (Å²) in [6.45, 7) is 8.46. The van der Waals surface area contributed by atoms with Crippen LogP contribution in [-0.2, 0) is 12.3 Å². The number of fused-ring (bicyclic) bond motifs is 1. The van der Waals surface area contributed by atoms with Gasteiger partial charge in [0.1, 0.15) is 10.7 Å². The van der Waals surface area contributed by atoms with Crippen LogP contribution < -0.4 is 5.56 Å². The Morgan fingerprint density at radius 3 is 2.78 bits per heavy atom. The third-order valence-electron chi connectivity index (χ3n) is 4.88. The van der Waals surface area contributed by atoms with Crippen molar-refractivity contribution in [2.45, 2.75) is 36.5 Å². The van der Waals surface area contributed by atoms with Gasteiger partial charge in [-0.1, -0.05) is 72.1 Å². The van der Waals surface area contributed by atoms with Crippen LogP contribution in [0.1, 0.15) is 21.8 Å². The first kappa shape index (κ1) is 22.6. The van der Waals surface area contributed by atoms with Gasteiger partial charge in [-0.2, -0.15) is 0 Å². The SMILES string of the molecule is C=CCn1c(CSc2nc3sc(C)c(C)c3c(=O)[nH]2)nnc1SCC=Cc1ccccc1. The van der Waals surface area contributed by atoms with E-state index in [1.54, 1.807) is 23.1 Å². The zero-order chi connectivity index (χ0) is 22.5. The van der Waals surface area contributed by atoms with E-state index in [0.29, 0.717) is 22.8 Å². The zero-order valence-corrected chi connectivity index (χ0v) is 20.3. The van der Waals surface area contributed by atoms with Crippen molar-refractivity contribution in [3.05, 3.63) is 81.2 Å². The molecular formula is C23H23N5OS3. The van der Waals surface area contributed by atoms with Crippen LogP contribution in [0.25, 0.3) is 16.3 Å². The molecule has 32 heavy (non-hydrogen) atoms. The molecule has 1 aromatic carbocycles. The van der Waals surface area contributed by atoms with E-state index in [1.807, 2.05) is 38.1 Å². The summed E-state index contributed by atoms with van der Waals surface area (Å²) in [6, 6.07) is 10.2. The maximum atomic E-state index is 12.5. The number of thiophene rings is 1. The third-order valence-corrected chi connectivity index (χ3v) is 7.77. The van der Waals surface area contributed by atoms with Gasteiger partial charge in [0.2, 0.25) is 0 Å². The molecule has 4 rings (SSSR count). The summed E-state index contributed by atoms with van der Waals surface area (Å²) in [5.74, 6) is 2.17. The molecule has 0 saturated carbocycles. The highest BCUT2D eigenvalue weighted by Crippen LogP contribution is 2.28. The van der Waals surface area contributed by atoms with Crippen LogP contribution in [0, 0.1) is 13.8 Å². The molecular weight excluding hydrogens is 458 g/mol. The molecule has 0 fully saturated rings. The lowest BCUT2D eigenvalue weighted by molar-refractivity contribution is 0.700. The minimum absolute atomic E-state index is 0.0895. The highest BCUT2D eigenvalue weighted by Gasteiger charge is 2.15. The molecule has 0 amide bonds. The van der Waals surface area contributed by atoms with Crippen LogP contribution in [0.2, 0.25) is 0 Å². The minimum atomic E-state index is -0.0895. The fraction of sp³-hybridized carbons (Fsp3) is 0.217. The summed E-state index contributed by atoms with van der Waals surface area (Å²) in [4.78, 5) is 21.9. The van der Waals surface area contributed by atoms with Crippen molar-refractivity contribution in [2.24, 2.45) is 0 Å². The molecule has 164 valence electrons. The second kappa shape index (κ2) is 10.3. The lowest BCUT2D eigenvalue weighted by Gasteiger charge is -2.06. The van der Waals surface area contributed by atoms with Gasteiger partial charge in [-0.15, -0.1) is 28.1 Å². The largest absolute Gasteiger partial charge is 0.301 e. The smallest absolute Gasteiger partial charge is 0.260 e. The van der Waals surface area contributed by atoms with Crippen LogP contribution in [0.5, 0.6) is 0 Å². The predicted molar refractivity (Wildman–Crippen MR) is 136 cm³/mol. The number of aryl methyl sites for hydroxylation is 2. The Kier molecular flexibility index (Phi) is 7.29. The summed E-state index contributed by atoms with van der Waals surface area (Å²) < 4.78 is 2.05. The molecule has 9 heteroatoms. The molecule has 0 spiro atoms. The molecule has 0 atom stereocenters. The highest BCUT2D eigenvalue weighted by molar-refractivity contribution is 7.99. The van der Waals surface area contributed by atoms with E-state index < -0.39 is 0 Å². The van der Waals surface area contributed by atoms with Crippen molar-refractivity contribution in [1.29, 1.82) is 0 Å². The Bertz CT molecular complexity index is 1320. The van der Waals surface area contributed by atoms with Crippen molar-refractivity contribution < 1.29 is 0 Å². The van der Waals surface area contributed by atoms with Gasteiger partial charge >= 0.3 is 0 Å². The van der Waals surface area contributed by atoms with Gasteiger partial charge in [0.25, 0.3) is 5.56 Å². The third kappa shape index (κ3) is 5.06. The summed E-state index contributed by atoms with van der Waals surface area (Å²) in [5.41, 5.74) is 2.09. The van der Waals surface area contributed by atoms with Gasteiger partial charge in [0, 0.05) is 17.2 Å². The maximum Gasteiger partial charge on any atom is 0.260 e. The Morgan fingerprint density at radius 1 is 1.19 bits per heavy atom. The normalized spacial score (nSPS) is 11.6. The molecule has 0 radical (unpaired) electrons. The van der Waals surface area contributed by atoms with Crippen molar-refractivity contribution >= 4 is 51.2 Å². The summed E-state index contributed by atoms with van der Waals surface area (Å²) >= 11 is 4.64. The predicted octanol–water partition coefficient (Wildman–Crippen LogP) is 5.48. The number of nitrogens with zero attached hydrogens (tertiary/aromatic N) is 4. The van der Waals surface area contributed by atoms with E-state index in [9.17, 15) is 4.79 Å². The number of H-pyrrole nitrogens is 1. The summed E-state index contributed by atoms with van der Waals surface area (Å²) in [5, 5.41) is 10.9. The van der Waals surface area contributed by atoms with Crippen LogP contribution >= 0.6 is 34.9 Å². The molecule has 0 saturated heterocycles. The Balaban J connectivity index is 1.45. The fourth-order valence-electron chi connectivity index (χ4n) is 3.15. The molecule has 0 aliphatic heterocycles. The van der Waals surface area contributed by atoms with E-state index in [2.05, 4.69) is 55.6 Å². The average Bonchev–Trinajstić information content (AvgIpc) is 3.30. The van der Waals surface area contributed by atoms with Crippen molar-refractivity contribution in [2.75, 3.05) is 5.75 Å². The fourth-order valence-corrected chi connectivity index (χ4v) is 5.82. The molecule has 0 unspecified atom stereocenters. The molecule has 0 bridgehead atoms. The lowest BCUT2D eigenvalue weighted by atomic mass is 10.2. The van der Waals surface area contributed by atoms with Crippen LogP contribution in [-0.4, -0.2) is 30.5 Å². The second-order valence-electron chi connectivity index (χ2n) is 7.05. The van der Waals surface area contributed by atoms with Gasteiger partial charge in [0.05, 0.1) is 11.1 Å². The van der Waals surface area contributed by atoms with E-state index in [1.165, 1.54) is 17.3 Å². The van der Waals surface area contributed by atoms with Gasteiger partial charge in [-0.3, -0.25) is 4.79 Å². The topological polar surface area (TPSA) is 76.5 Å². The number of benzene rings is 1. The number of nitrogens with one attached hydrogen (secondary N) is 1. The highest BCUT2D eigenvalue weighted by atomic mass is 32.2. The number of allylic oxidation sites excluding steroid dienone is 1. The summed E-state index contributed by atoms with van der Waals surface area (Å²) in [6.07, 6.45) is 6.06. The monoisotopic (exact) mass is 481 g/mol. The number of aromatic nitrogens is 5. The van der Waals surface area contributed by atoms with Crippen molar-refractivity contribution in [3.63, 3.8) is 0 Å². The summed E-state index contributed by atoms with van der Waals surface area (Å²) in [7, 11) is 0. The Hall–Kier alpha value is -2.62. The number of hydrogen-bond donors (Lipinski definition) is 1. The van der Waals surface area contributed by atoms with E-state index in [-0.39, 0.29) is 5.56 Å². The number of rotatable bonds is 9. The van der Waals surface area contributed by atoms with Crippen molar-refractivity contribution in [3.8, 4) is 0 Å². The minimum Gasteiger partial charge on any atom is -0.301 e. The van der Waals surface area contributed by atoms with Crippen LogP contribution in [0.15, 0.2) is 64.2 Å². The van der Waals surface area contributed by atoms with Crippen LogP contribution in [0.3, 0.4) is 0 Å². The molecule has 0 aliphatic rings. The molecule has 6 nitrogen and oxygen atoms in total. The average molecular weight is 482 g/mol. The molecule has 1 N–H and O–H groups in total. The van der Waals surface area contributed by atoms with E-state index >= 15 is 0 Å². The number of hydrogen-bond acceptors (Lipinski definition) is 7. The first-order valence-electron chi connectivity index (χ1n) is 10.1. The quantitative estimate of drug-likeness (QED) is 0.194. The standard InChI is InChI=1S/C23H23N5OS3/c1-4-12-28-18(26-27-23(28)30-13-8-11-17-9-6-5-7-10-17)14-31-22-24-20(29)19-15(2)16(3)32-21(19)25-22/h4-11H,1,12-14H2,2-3H3,(H,24,25,29). The van der Waals surface area contributed by atoms with Gasteiger partial charge in [-0.05, 0) is 25.0 Å². The first-order valence-corrected chi connectivity index (χ1v) is 12.9. The second-order valence-corrected chi connectivity index (χ2v) is 10.2. The molecule has 4 aromatic rings. The van der Waals surface area contributed by atoms with E-state index in [4.69, 9.17) is 0 Å². The lowest BCUT2D eigenvalue weighted by Crippen LogP contribution is -2.09. The Labute approximate surface area is 198 Å². The zero-order valence-electron chi connectivity index (χ0n) is 17.9. The number of aromatic amines is 1.